The largest absolute Gasteiger partial charge is 0.487 e. The SMILES string of the molecule is CC(=O)N(C)c1ccc(OCc2c(C)c3ccccc3n2C(=O)OC(C)(C)C)cc1. The summed E-state index contributed by atoms with van der Waals surface area (Å²) in [6.07, 6.45) is -0.427. The molecule has 1 aromatic heterocycles. The van der Waals surface area contributed by atoms with E-state index in [1.807, 2.05) is 76.2 Å². The molecule has 0 atom stereocenters. The van der Waals surface area contributed by atoms with Crippen molar-refractivity contribution >= 4 is 28.6 Å². The van der Waals surface area contributed by atoms with Crippen LogP contribution in [0, 0.1) is 6.92 Å². The second kappa shape index (κ2) is 8.22. The second-order valence-electron chi connectivity index (χ2n) is 8.27. The number of rotatable bonds is 4. The van der Waals surface area contributed by atoms with Crippen molar-refractivity contribution in [3.05, 3.63) is 59.8 Å². The lowest BCUT2D eigenvalue weighted by molar-refractivity contribution is -0.116. The number of amides is 1. The van der Waals surface area contributed by atoms with Crippen LogP contribution in [-0.2, 0) is 16.1 Å². The summed E-state index contributed by atoms with van der Waals surface area (Å²) in [6, 6.07) is 15.0. The molecule has 3 rings (SSSR count). The molecular weight excluding hydrogens is 380 g/mol. The van der Waals surface area contributed by atoms with Gasteiger partial charge in [0, 0.05) is 25.0 Å². The zero-order valence-electron chi connectivity index (χ0n) is 18.4. The van der Waals surface area contributed by atoms with Crippen LogP contribution in [0.4, 0.5) is 10.5 Å². The lowest BCUT2D eigenvalue weighted by Gasteiger charge is -2.21. The van der Waals surface area contributed by atoms with Gasteiger partial charge in [-0.1, -0.05) is 18.2 Å². The Labute approximate surface area is 177 Å². The molecule has 0 aliphatic heterocycles. The van der Waals surface area contributed by atoms with Gasteiger partial charge in [-0.2, -0.15) is 0 Å². The summed E-state index contributed by atoms with van der Waals surface area (Å²) in [5.41, 5.74) is 2.70. The quantitative estimate of drug-likeness (QED) is 0.588. The van der Waals surface area contributed by atoms with Crippen LogP contribution in [0.5, 0.6) is 5.75 Å². The first kappa shape index (κ1) is 21.4. The summed E-state index contributed by atoms with van der Waals surface area (Å²) in [5.74, 6) is 0.609. The van der Waals surface area contributed by atoms with Crippen molar-refractivity contribution in [1.82, 2.24) is 4.57 Å². The van der Waals surface area contributed by atoms with Crippen LogP contribution in [0.2, 0.25) is 0 Å². The van der Waals surface area contributed by atoms with Crippen molar-refractivity contribution in [2.45, 2.75) is 46.8 Å². The third-order valence-corrected chi connectivity index (χ3v) is 4.90. The van der Waals surface area contributed by atoms with E-state index in [1.165, 1.54) is 6.92 Å². The highest BCUT2D eigenvalue weighted by atomic mass is 16.6. The summed E-state index contributed by atoms with van der Waals surface area (Å²) < 4.78 is 13.2. The molecule has 3 aromatic rings. The van der Waals surface area contributed by atoms with Gasteiger partial charge in [-0.25, -0.2) is 9.36 Å². The predicted molar refractivity (Wildman–Crippen MR) is 118 cm³/mol. The van der Waals surface area contributed by atoms with Crippen molar-refractivity contribution in [1.29, 1.82) is 0 Å². The van der Waals surface area contributed by atoms with Gasteiger partial charge in [-0.15, -0.1) is 0 Å². The summed E-state index contributed by atoms with van der Waals surface area (Å²) in [4.78, 5) is 26.0. The first-order valence-corrected chi connectivity index (χ1v) is 9.88. The Morgan fingerprint density at radius 2 is 1.67 bits per heavy atom. The van der Waals surface area contributed by atoms with Gasteiger partial charge in [-0.3, -0.25) is 4.79 Å². The van der Waals surface area contributed by atoms with E-state index >= 15 is 0 Å². The number of hydrogen-bond donors (Lipinski definition) is 0. The minimum absolute atomic E-state index is 0.0406. The smallest absolute Gasteiger partial charge is 0.419 e. The molecule has 2 aromatic carbocycles. The van der Waals surface area contributed by atoms with Gasteiger partial charge >= 0.3 is 6.09 Å². The fourth-order valence-corrected chi connectivity index (χ4v) is 3.24. The third kappa shape index (κ3) is 4.48. The van der Waals surface area contributed by atoms with Gasteiger partial charge < -0.3 is 14.4 Å². The fraction of sp³-hybridized carbons (Fsp3) is 0.333. The highest BCUT2D eigenvalue weighted by Crippen LogP contribution is 2.28. The Bertz CT molecular complexity index is 1080. The molecule has 0 unspecified atom stereocenters. The van der Waals surface area contributed by atoms with Crippen molar-refractivity contribution in [3.8, 4) is 5.75 Å². The third-order valence-electron chi connectivity index (χ3n) is 4.90. The Morgan fingerprint density at radius 3 is 2.27 bits per heavy atom. The maximum atomic E-state index is 13.0. The fourth-order valence-electron chi connectivity index (χ4n) is 3.24. The molecule has 1 heterocycles. The number of aromatic nitrogens is 1. The van der Waals surface area contributed by atoms with Crippen LogP contribution in [0.15, 0.2) is 48.5 Å². The normalized spacial score (nSPS) is 11.4. The number of hydrogen-bond acceptors (Lipinski definition) is 4. The molecule has 0 aliphatic carbocycles. The highest BCUT2D eigenvalue weighted by molar-refractivity contribution is 5.93. The van der Waals surface area contributed by atoms with Crippen LogP contribution in [-0.4, -0.2) is 29.2 Å². The number of para-hydroxylation sites is 1. The number of fused-ring (bicyclic) bond motifs is 1. The molecule has 0 bridgehead atoms. The monoisotopic (exact) mass is 408 g/mol. The number of carbonyl (C=O) groups is 2. The van der Waals surface area contributed by atoms with Crippen molar-refractivity contribution < 1.29 is 19.1 Å². The van der Waals surface area contributed by atoms with Crippen LogP contribution < -0.4 is 9.64 Å². The van der Waals surface area contributed by atoms with E-state index in [1.54, 1.807) is 16.5 Å². The zero-order chi connectivity index (χ0) is 22.1. The van der Waals surface area contributed by atoms with Crippen LogP contribution >= 0.6 is 0 Å². The van der Waals surface area contributed by atoms with Crippen molar-refractivity contribution in [2.75, 3.05) is 11.9 Å². The van der Waals surface area contributed by atoms with E-state index in [9.17, 15) is 9.59 Å². The minimum atomic E-state index is -0.604. The van der Waals surface area contributed by atoms with E-state index in [0.29, 0.717) is 5.75 Å². The first-order valence-electron chi connectivity index (χ1n) is 9.88. The van der Waals surface area contributed by atoms with E-state index in [-0.39, 0.29) is 12.5 Å². The van der Waals surface area contributed by atoms with E-state index in [0.717, 1.165) is 27.8 Å². The van der Waals surface area contributed by atoms with Crippen LogP contribution in [0.25, 0.3) is 10.9 Å². The molecule has 0 saturated carbocycles. The molecule has 30 heavy (non-hydrogen) atoms. The number of aryl methyl sites for hydroxylation is 1. The van der Waals surface area contributed by atoms with Gasteiger partial charge in [0.2, 0.25) is 5.91 Å². The molecule has 0 N–H and O–H groups in total. The molecule has 0 radical (unpaired) electrons. The van der Waals surface area contributed by atoms with Crippen LogP contribution in [0.3, 0.4) is 0 Å². The zero-order valence-corrected chi connectivity index (χ0v) is 18.4. The Kier molecular flexibility index (Phi) is 5.87. The topological polar surface area (TPSA) is 60.8 Å². The van der Waals surface area contributed by atoms with Gasteiger partial charge in [0.1, 0.15) is 18.0 Å². The molecule has 1 amide bonds. The van der Waals surface area contributed by atoms with Gasteiger partial charge in [0.15, 0.2) is 0 Å². The number of anilines is 1. The molecule has 158 valence electrons. The number of carbonyl (C=O) groups excluding carboxylic acids is 2. The average molecular weight is 408 g/mol. The Morgan fingerprint density at radius 1 is 1.03 bits per heavy atom. The van der Waals surface area contributed by atoms with Crippen molar-refractivity contribution in [2.24, 2.45) is 0 Å². The molecule has 0 fully saturated rings. The maximum absolute atomic E-state index is 13.0. The first-order chi connectivity index (χ1) is 14.1. The molecule has 6 heteroatoms. The van der Waals surface area contributed by atoms with E-state index in [2.05, 4.69) is 0 Å². The number of nitrogens with zero attached hydrogens (tertiary/aromatic N) is 2. The van der Waals surface area contributed by atoms with Gasteiger partial charge in [0.25, 0.3) is 0 Å². The molecule has 6 nitrogen and oxygen atoms in total. The molecule has 0 spiro atoms. The number of ether oxygens (including phenoxy) is 2. The lowest BCUT2D eigenvalue weighted by Crippen LogP contribution is -2.28. The summed E-state index contributed by atoms with van der Waals surface area (Å²) in [7, 11) is 1.72. The van der Waals surface area contributed by atoms with Gasteiger partial charge in [0.05, 0.1) is 11.2 Å². The van der Waals surface area contributed by atoms with Crippen molar-refractivity contribution in [3.63, 3.8) is 0 Å². The second-order valence-corrected chi connectivity index (χ2v) is 8.27. The number of benzene rings is 2. The maximum Gasteiger partial charge on any atom is 0.419 e. The summed E-state index contributed by atoms with van der Waals surface area (Å²) in [6.45, 7) is 9.24. The molecular formula is C24H28N2O4. The predicted octanol–water partition coefficient (Wildman–Crippen LogP) is 5.29. The minimum Gasteiger partial charge on any atom is -0.487 e. The standard InChI is InChI=1S/C24H28N2O4/c1-16-20-9-7-8-10-21(20)26(23(28)30-24(3,4)5)22(16)15-29-19-13-11-18(12-14-19)25(6)17(2)27/h7-14H,15H2,1-6H3. The van der Waals surface area contributed by atoms with E-state index < -0.39 is 11.7 Å². The molecule has 0 saturated heterocycles. The average Bonchev–Trinajstić information content (AvgIpc) is 2.97. The highest BCUT2D eigenvalue weighted by Gasteiger charge is 2.24. The van der Waals surface area contributed by atoms with Gasteiger partial charge in [-0.05, 0) is 63.6 Å². The summed E-state index contributed by atoms with van der Waals surface area (Å²) in [5, 5.41) is 0.986. The lowest BCUT2D eigenvalue weighted by atomic mass is 10.1. The Hall–Kier alpha value is -3.28. The summed E-state index contributed by atoms with van der Waals surface area (Å²) >= 11 is 0. The molecule has 0 aliphatic rings. The van der Waals surface area contributed by atoms with Crippen LogP contribution in [0.1, 0.15) is 39.0 Å². The van der Waals surface area contributed by atoms with E-state index in [4.69, 9.17) is 9.47 Å². The Balaban J connectivity index is 1.90.